The zero-order valence-electron chi connectivity index (χ0n) is 22.7. The highest BCUT2D eigenvalue weighted by molar-refractivity contribution is 7.92. The van der Waals surface area contributed by atoms with Gasteiger partial charge in [0.1, 0.15) is 23.2 Å². The van der Waals surface area contributed by atoms with Gasteiger partial charge in [0.25, 0.3) is 10.0 Å². The van der Waals surface area contributed by atoms with Gasteiger partial charge in [-0.15, -0.1) is 0 Å². The Morgan fingerprint density at radius 2 is 1.27 bits per heavy atom. The first-order chi connectivity index (χ1) is 18.9. The van der Waals surface area contributed by atoms with Crippen LogP contribution < -0.4 is 9.21 Å². The normalized spacial score (nSPS) is 11.4. The Kier molecular flexibility index (Phi) is 8.34. The number of hydrogen-bond donors (Lipinski definition) is 0. The van der Waals surface area contributed by atoms with Crippen molar-refractivity contribution in [1.82, 2.24) is 0 Å². The molecule has 0 saturated heterocycles. The van der Waals surface area contributed by atoms with Gasteiger partial charge in [-0.1, -0.05) is 36.4 Å². The molecule has 0 N–H and O–H groups in total. The van der Waals surface area contributed by atoms with E-state index in [4.69, 9.17) is 0 Å². The fourth-order valence-electron chi connectivity index (χ4n) is 4.69. The van der Waals surface area contributed by atoms with Gasteiger partial charge in [-0.3, -0.25) is 13.9 Å². The second-order valence-electron chi connectivity index (χ2n) is 9.92. The molecule has 0 aliphatic heterocycles. The number of nitrogens with zero attached hydrogens (tertiary/aromatic N) is 2. The standard InChI is InChI=1S/C31H30F2N2O4S/c1-20-15-24(9-11-28(20)32)19-34(17-22(3)36)30-13-14-31(27-8-6-5-7-26(27)30)35(18-23(4)37)40(38,39)25-10-12-29(33)21(2)16-25/h5-16H,17-19H2,1-4H3. The molecule has 40 heavy (non-hydrogen) atoms. The largest absolute Gasteiger partial charge is 0.359 e. The lowest BCUT2D eigenvalue weighted by molar-refractivity contribution is -0.116. The summed E-state index contributed by atoms with van der Waals surface area (Å²) in [4.78, 5) is 26.3. The molecule has 0 aliphatic rings. The molecule has 0 radical (unpaired) electrons. The van der Waals surface area contributed by atoms with E-state index < -0.39 is 22.4 Å². The molecule has 0 bridgehead atoms. The third kappa shape index (κ3) is 6.04. The van der Waals surface area contributed by atoms with Crippen LogP contribution in [0.25, 0.3) is 10.8 Å². The van der Waals surface area contributed by atoms with Crippen molar-refractivity contribution in [3.8, 4) is 0 Å². The molecule has 4 aromatic carbocycles. The van der Waals surface area contributed by atoms with E-state index in [1.807, 2.05) is 11.0 Å². The maximum absolute atomic E-state index is 13.9. The molecule has 0 heterocycles. The van der Waals surface area contributed by atoms with Crippen molar-refractivity contribution in [2.75, 3.05) is 22.3 Å². The monoisotopic (exact) mass is 564 g/mol. The number of anilines is 2. The van der Waals surface area contributed by atoms with Crippen LogP contribution in [0.4, 0.5) is 20.2 Å². The summed E-state index contributed by atoms with van der Waals surface area (Å²) in [6.45, 7) is 5.89. The lowest BCUT2D eigenvalue weighted by Crippen LogP contribution is -2.35. The van der Waals surface area contributed by atoms with Crippen LogP contribution in [0.2, 0.25) is 0 Å². The summed E-state index contributed by atoms with van der Waals surface area (Å²) in [6, 6.07) is 18.7. The third-order valence-electron chi connectivity index (χ3n) is 6.58. The summed E-state index contributed by atoms with van der Waals surface area (Å²) in [5.41, 5.74) is 2.41. The van der Waals surface area contributed by atoms with Gasteiger partial charge in [0.2, 0.25) is 0 Å². The quantitative estimate of drug-likeness (QED) is 0.232. The third-order valence-corrected chi connectivity index (χ3v) is 8.34. The van der Waals surface area contributed by atoms with Crippen LogP contribution in [-0.4, -0.2) is 33.1 Å². The molecule has 208 valence electrons. The van der Waals surface area contributed by atoms with Crippen molar-refractivity contribution in [1.29, 1.82) is 0 Å². The van der Waals surface area contributed by atoms with Crippen molar-refractivity contribution in [3.05, 3.63) is 101 Å². The van der Waals surface area contributed by atoms with Gasteiger partial charge in [0.15, 0.2) is 0 Å². The van der Waals surface area contributed by atoms with Crippen molar-refractivity contribution < 1.29 is 26.8 Å². The van der Waals surface area contributed by atoms with Crippen LogP contribution in [0.15, 0.2) is 77.7 Å². The van der Waals surface area contributed by atoms with E-state index in [1.54, 1.807) is 49.4 Å². The molecular formula is C31H30F2N2O4S. The van der Waals surface area contributed by atoms with Gasteiger partial charge in [-0.05, 0) is 80.8 Å². The number of carbonyl (C=O) groups is 2. The molecule has 4 aromatic rings. The van der Waals surface area contributed by atoms with Gasteiger partial charge in [0.05, 0.1) is 23.7 Å². The van der Waals surface area contributed by atoms with Crippen molar-refractivity contribution in [3.63, 3.8) is 0 Å². The first kappa shape index (κ1) is 28.9. The molecule has 0 aliphatic carbocycles. The lowest BCUT2D eigenvalue weighted by atomic mass is 10.0. The number of fused-ring (bicyclic) bond motifs is 1. The number of benzene rings is 4. The highest BCUT2D eigenvalue weighted by atomic mass is 32.2. The zero-order valence-corrected chi connectivity index (χ0v) is 23.6. The fourth-order valence-corrected chi connectivity index (χ4v) is 6.28. The van der Waals surface area contributed by atoms with Crippen LogP contribution in [0.3, 0.4) is 0 Å². The molecule has 0 saturated carbocycles. The van der Waals surface area contributed by atoms with Gasteiger partial charge < -0.3 is 4.90 Å². The summed E-state index contributed by atoms with van der Waals surface area (Å²) in [5, 5.41) is 1.21. The summed E-state index contributed by atoms with van der Waals surface area (Å²) in [5.74, 6) is -1.31. The van der Waals surface area contributed by atoms with E-state index in [2.05, 4.69) is 0 Å². The summed E-state index contributed by atoms with van der Waals surface area (Å²) in [7, 11) is -4.25. The van der Waals surface area contributed by atoms with E-state index in [1.165, 1.54) is 39.0 Å². The minimum absolute atomic E-state index is 0.0735. The number of ketones is 2. The Hall–Kier alpha value is -4.11. The molecule has 0 atom stereocenters. The number of carbonyl (C=O) groups excluding carboxylic acids is 2. The van der Waals surface area contributed by atoms with E-state index in [9.17, 15) is 26.8 Å². The number of rotatable bonds is 10. The Labute approximate surface area is 232 Å². The number of hydrogen-bond acceptors (Lipinski definition) is 5. The maximum atomic E-state index is 13.9. The van der Waals surface area contributed by atoms with Gasteiger partial charge in [-0.25, -0.2) is 17.2 Å². The van der Waals surface area contributed by atoms with E-state index in [-0.39, 0.29) is 40.1 Å². The minimum atomic E-state index is -4.25. The first-order valence-corrected chi connectivity index (χ1v) is 14.1. The van der Waals surface area contributed by atoms with E-state index >= 15 is 0 Å². The second kappa shape index (κ2) is 11.6. The zero-order chi connectivity index (χ0) is 29.2. The second-order valence-corrected chi connectivity index (χ2v) is 11.8. The van der Waals surface area contributed by atoms with Gasteiger partial charge in [-0.2, -0.15) is 0 Å². The predicted octanol–water partition coefficient (Wildman–Crippen LogP) is 6.11. The van der Waals surface area contributed by atoms with Gasteiger partial charge >= 0.3 is 0 Å². The molecule has 0 aromatic heterocycles. The average molecular weight is 565 g/mol. The van der Waals surface area contributed by atoms with Gasteiger partial charge in [0, 0.05) is 23.0 Å². The van der Waals surface area contributed by atoms with Crippen molar-refractivity contribution in [2.45, 2.75) is 39.1 Å². The molecule has 0 unspecified atom stereocenters. The number of Topliss-reactive ketones (excluding diaryl/α,β-unsaturated/α-hetero) is 2. The van der Waals surface area contributed by atoms with Crippen molar-refractivity contribution >= 4 is 43.7 Å². The molecule has 6 nitrogen and oxygen atoms in total. The fraction of sp³-hybridized carbons (Fsp3) is 0.226. The highest BCUT2D eigenvalue weighted by Crippen LogP contribution is 2.37. The highest BCUT2D eigenvalue weighted by Gasteiger charge is 2.29. The average Bonchev–Trinajstić information content (AvgIpc) is 2.89. The SMILES string of the molecule is CC(=O)CN(Cc1ccc(F)c(C)c1)c1ccc(N(CC(C)=O)S(=O)(=O)c2ccc(F)c(C)c2)c2ccccc12. The Bertz CT molecular complexity index is 1720. The smallest absolute Gasteiger partial charge is 0.264 e. The van der Waals surface area contributed by atoms with Crippen LogP contribution >= 0.6 is 0 Å². The first-order valence-electron chi connectivity index (χ1n) is 12.7. The van der Waals surface area contributed by atoms with Crippen LogP contribution in [0, 0.1) is 25.5 Å². The van der Waals surface area contributed by atoms with Crippen LogP contribution in [0.1, 0.15) is 30.5 Å². The predicted molar refractivity (Wildman–Crippen MR) is 153 cm³/mol. The molecule has 0 spiro atoms. The molecular weight excluding hydrogens is 534 g/mol. The summed E-state index contributed by atoms with van der Waals surface area (Å²) < 4.78 is 56.5. The van der Waals surface area contributed by atoms with Crippen molar-refractivity contribution in [2.24, 2.45) is 0 Å². The minimum Gasteiger partial charge on any atom is -0.359 e. The maximum Gasteiger partial charge on any atom is 0.264 e. The molecule has 0 fully saturated rings. The summed E-state index contributed by atoms with van der Waals surface area (Å²) >= 11 is 0. The topological polar surface area (TPSA) is 74.8 Å². The Morgan fingerprint density at radius 3 is 1.85 bits per heavy atom. The lowest BCUT2D eigenvalue weighted by Gasteiger charge is -2.29. The van der Waals surface area contributed by atoms with Crippen LogP contribution in [0.5, 0.6) is 0 Å². The Morgan fingerprint density at radius 1 is 0.725 bits per heavy atom. The van der Waals surface area contributed by atoms with E-state index in [0.29, 0.717) is 28.6 Å². The molecule has 9 heteroatoms. The van der Waals surface area contributed by atoms with Crippen LogP contribution in [-0.2, 0) is 26.2 Å². The van der Waals surface area contributed by atoms with E-state index in [0.717, 1.165) is 15.9 Å². The molecule has 0 amide bonds. The number of sulfonamides is 1. The number of aryl methyl sites for hydroxylation is 2. The number of halogens is 2. The summed E-state index contributed by atoms with van der Waals surface area (Å²) in [6.07, 6.45) is 0. The Balaban J connectivity index is 1.88. The molecule has 4 rings (SSSR count).